The minimum atomic E-state index is -1.33. The van der Waals surface area contributed by atoms with Crippen molar-refractivity contribution in [2.75, 3.05) is 5.73 Å². The van der Waals surface area contributed by atoms with Gasteiger partial charge in [0.05, 0.1) is 11.9 Å². The molecule has 0 aromatic carbocycles. The number of rotatable bonds is 3. The van der Waals surface area contributed by atoms with Crippen LogP contribution in [0.15, 0.2) is 18.3 Å². The zero-order valence-corrected chi connectivity index (χ0v) is 9.02. The number of nitrogens with two attached hydrogens (primary N) is 1. The number of carbonyl (C=O) groups excluding carboxylic acids is 1. The molecule has 0 bridgehead atoms. The lowest BCUT2D eigenvalue weighted by atomic mass is 10.1. The smallest absolute Gasteiger partial charge is 0.328 e. The average Bonchev–Trinajstić information content (AvgIpc) is 2.17. The predicted octanol–water partition coefficient (Wildman–Crippen LogP) is 0.257. The fourth-order valence-corrected chi connectivity index (χ4v) is 0.941. The summed E-state index contributed by atoms with van der Waals surface area (Å²) in [5.41, 5.74) is 4.65. The molecule has 0 fully saturated rings. The van der Waals surface area contributed by atoms with Crippen LogP contribution in [0, 0.1) is 0 Å². The summed E-state index contributed by atoms with van der Waals surface area (Å²) in [6, 6.07) is 2.96. The first-order chi connectivity index (χ1) is 7.33. The van der Waals surface area contributed by atoms with Crippen LogP contribution in [0.1, 0.15) is 24.3 Å². The van der Waals surface area contributed by atoms with Crippen LogP contribution in [0.25, 0.3) is 0 Å². The summed E-state index contributed by atoms with van der Waals surface area (Å²) in [7, 11) is 0. The maximum atomic E-state index is 11.6. The van der Waals surface area contributed by atoms with Gasteiger partial charge in [0.2, 0.25) is 0 Å². The van der Waals surface area contributed by atoms with Crippen molar-refractivity contribution in [3.8, 4) is 0 Å². The van der Waals surface area contributed by atoms with Crippen LogP contribution in [-0.4, -0.2) is 27.5 Å². The Labute approximate surface area is 92.5 Å². The number of nitrogens with one attached hydrogen (secondary N) is 1. The highest BCUT2D eigenvalue weighted by Gasteiger charge is 2.29. The Kier molecular flexibility index (Phi) is 3.12. The molecular formula is C10H13N3O3. The van der Waals surface area contributed by atoms with Gasteiger partial charge in [0.1, 0.15) is 11.2 Å². The molecule has 86 valence electrons. The highest BCUT2D eigenvalue weighted by molar-refractivity contribution is 5.96. The van der Waals surface area contributed by atoms with Gasteiger partial charge in [-0.2, -0.15) is 0 Å². The lowest BCUT2D eigenvalue weighted by Gasteiger charge is -2.20. The van der Waals surface area contributed by atoms with E-state index >= 15 is 0 Å². The van der Waals surface area contributed by atoms with Gasteiger partial charge in [-0.25, -0.2) is 9.78 Å². The van der Waals surface area contributed by atoms with Gasteiger partial charge in [0, 0.05) is 0 Å². The topological polar surface area (TPSA) is 105 Å². The lowest BCUT2D eigenvalue weighted by Crippen LogP contribution is -2.49. The average molecular weight is 223 g/mol. The number of hydrogen-bond donors (Lipinski definition) is 3. The quantitative estimate of drug-likeness (QED) is 0.681. The Hall–Kier alpha value is -2.11. The summed E-state index contributed by atoms with van der Waals surface area (Å²) in [5, 5.41) is 11.2. The number of nitrogen functional groups attached to an aromatic ring is 1. The van der Waals surface area contributed by atoms with E-state index in [2.05, 4.69) is 10.3 Å². The first-order valence-electron chi connectivity index (χ1n) is 4.60. The highest BCUT2D eigenvalue weighted by Crippen LogP contribution is 2.06. The minimum Gasteiger partial charge on any atom is -0.480 e. The van der Waals surface area contributed by atoms with Crippen molar-refractivity contribution < 1.29 is 14.7 Å². The molecule has 0 unspecified atom stereocenters. The number of aliphatic carboxylic acids is 1. The fraction of sp³-hybridized carbons (Fsp3) is 0.300. The minimum absolute atomic E-state index is 0.128. The molecule has 1 aromatic heterocycles. The Morgan fingerprint density at radius 2 is 2.06 bits per heavy atom. The molecule has 1 aromatic rings. The van der Waals surface area contributed by atoms with E-state index in [4.69, 9.17) is 10.8 Å². The van der Waals surface area contributed by atoms with Crippen molar-refractivity contribution in [2.45, 2.75) is 19.4 Å². The van der Waals surface area contributed by atoms with E-state index in [1.807, 2.05) is 0 Å². The molecule has 4 N–H and O–H groups in total. The van der Waals surface area contributed by atoms with E-state index in [1.54, 1.807) is 0 Å². The molecule has 0 radical (unpaired) electrons. The molecule has 1 heterocycles. The third-order valence-corrected chi connectivity index (χ3v) is 1.98. The molecule has 0 atom stereocenters. The van der Waals surface area contributed by atoms with Crippen LogP contribution in [0.4, 0.5) is 5.69 Å². The van der Waals surface area contributed by atoms with Gasteiger partial charge in [-0.05, 0) is 26.0 Å². The fourth-order valence-electron chi connectivity index (χ4n) is 0.941. The molecule has 6 heteroatoms. The van der Waals surface area contributed by atoms with Gasteiger partial charge in [0.25, 0.3) is 5.91 Å². The number of nitrogens with zero attached hydrogens (tertiary/aromatic N) is 1. The zero-order valence-electron chi connectivity index (χ0n) is 9.02. The van der Waals surface area contributed by atoms with Crippen LogP contribution in [0.5, 0.6) is 0 Å². The third kappa shape index (κ3) is 2.69. The van der Waals surface area contributed by atoms with Crippen molar-refractivity contribution in [1.29, 1.82) is 0 Å². The second-order valence-corrected chi connectivity index (χ2v) is 3.86. The molecular weight excluding hydrogens is 210 g/mol. The molecule has 0 saturated heterocycles. The number of anilines is 1. The van der Waals surface area contributed by atoms with Crippen LogP contribution >= 0.6 is 0 Å². The number of carboxylic acids is 1. The van der Waals surface area contributed by atoms with Gasteiger partial charge in [0.15, 0.2) is 0 Å². The predicted molar refractivity (Wildman–Crippen MR) is 57.8 cm³/mol. The Balaban J connectivity index is 2.81. The van der Waals surface area contributed by atoms with Crippen molar-refractivity contribution in [1.82, 2.24) is 10.3 Å². The summed E-state index contributed by atoms with van der Waals surface area (Å²) in [6.45, 7) is 2.79. The second kappa shape index (κ2) is 4.18. The second-order valence-electron chi connectivity index (χ2n) is 3.86. The van der Waals surface area contributed by atoms with E-state index < -0.39 is 17.4 Å². The van der Waals surface area contributed by atoms with E-state index in [9.17, 15) is 9.59 Å². The summed E-state index contributed by atoms with van der Waals surface area (Å²) >= 11 is 0. The van der Waals surface area contributed by atoms with Crippen molar-refractivity contribution in [3.05, 3.63) is 24.0 Å². The standard InChI is InChI=1S/C10H13N3O3/c1-10(2,9(15)16)13-8(14)7-4-3-6(11)5-12-7/h3-5H,11H2,1-2H3,(H,13,14)(H,15,16). The van der Waals surface area contributed by atoms with Crippen molar-refractivity contribution >= 4 is 17.6 Å². The Morgan fingerprint density at radius 1 is 1.44 bits per heavy atom. The summed E-state index contributed by atoms with van der Waals surface area (Å²) < 4.78 is 0. The van der Waals surface area contributed by atoms with Gasteiger partial charge in [-0.15, -0.1) is 0 Å². The molecule has 6 nitrogen and oxygen atoms in total. The SMILES string of the molecule is CC(C)(NC(=O)c1ccc(N)cn1)C(=O)O. The Bertz CT molecular complexity index is 412. The Morgan fingerprint density at radius 3 is 2.50 bits per heavy atom. The van der Waals surface area contributed by atoms with Crippen LogP contribution in [0.3, 0.4) is 0 Å². The van der Waals surface area contributed by atoms with E-state index in [1.165, 1.54) is 32.2 Å². The van der Waals surface area contributed by atoms with Crippen LogP contribution < -0.4 is 11.1 Å². The van der Waals surface area contributed by atoms with E-state index in [0.29, 0.717) is 5.69 Å². The zero-order chi connectivity index (χ0) is 12.3. The molecule has 0 aliphatic rings. The first-order valence-corrected chi connectivity index (χ1v) is 4.60. The molecule has 0 aliphatic heterocycles. The molecule has 0 spiro atoms. The largest absolute Gasteiger partial charge is 0.480 e. The van der Waals surface area contributed by atoms with Gasteiger partial charge in [-0.1, -0.05) is 0 Å². The highest BCUT2D eigenvalue weighted by atomic mass is 16.4. The molecule has 0 aliphatic carbocycles. The summed E-state index contributed by atoms with van der Waals surface area (Å²) in [5.74, 6) is -1.66. The number of amides is 1. The number of aromatic nitrogens is 1. The van der Waals surface area contributed by atoms with Gasteiger partial charge in [-0.3, -0.25) is 4.79 Å². The number of pyridine rings is 1. The first kappa shape index (κ1) is 12.0. The van der Waals surface area contributed by atoms with E-state index in [-0.39, 0.29) is 5.69 Å². The normalized spacial score (nSPS) is 10.9. The maximum Gasteiger partial charge on any atom is 0.328 e. The third-order valence-electron chi connectivity index (χ3n) is 1.98. The van der Waals surface area contributed by atoms with E-state index in [0.717, 1.165) is 0 Å². The van der Waals surface area contributed by atoms with Gasteiger partial charge < -0.3 is 16.2 Å². The lowest BCUT2D eigenvalue weighted by molar-refractivity contribution is -0.143. The summed E-state index contributed by atoms with van der Waals surface area (Å²) in [6.07, 6.45) is 1.34. The van der Waals surface area contributed by atoms with Crippen molar-refractivity contribution in [2.24, 2.45) is 0 Å². The monoisotopic (exact) mass is 223 g/mol. The van der Waals surface area contributed by atoms with Crippen LogP contribution in [0.2, 0.25) is 0 Å². The molecule has 16 heavy (non-hydrogen) atoms. The summed E-state index contributed by atoms with van der Waals surface area (Å²) in [4.78, 5) is 26.2. The number of carbonyl (C=O) groups is 2. The molecule has 1 rings (SSSR count). The maximum absolute atomic E-state index is 11.6. The van der Waals surface area contributed by atoms with Crippen molar-refractivity contribution in [3.63, 3.8) is 0 Å². The van der Waals surface area contributed by atoms with Crippen LogP contribution in [-0.2, 0) is 4.79 Å². The molecule has 1 amide bonds. The molecule has 0 saturated carbocycles. The number of hydrogen-bond acceptors (Lipinski definition) is 4. The van der Waals surface area contributed by atoms with Gasteiger partial charge >= 0.3 is 5.97 Å². The number of carboxylic acid groups (broad SMARTS) is 1.